The Morgan fingerprint density at radius 1 is 1.50 bits per heavy atom. The number of carboxylic acids is 1. The molecular formula is C11H12Cl2O3. The summed E-state index contributed by atoms with van der Waals surface area (Å²) in [6.45, 7) is 1.93. The van der Waals surface area contributed by atoms with Gasteiger partial charge in [-0.2, -0.15) is 0 Å². The molecule has 0 aromatic heterocycles. The molecule has 0 saturated heterocycles. The number of ether oxygens (including phenoxy) is 1. The van der Waals surface area contributed by atoms with E-state index in [-0.39, 0.29) is 0 Å². The maximum atomic E-state index is 10.6. The van der Waals surface area contributed by atoms with Crippen LogP contribution in [0.2, 0.25) is 10.0 Å². The molecule has 0 aliphatic heterocycles. The highest BCUT2D eigenvalue weighted by Crippen LogP contribution is 2.31. The molecule has 0 heterocycles. The molecular weight excluding hydrogens is 251 g/mol. The van der Waals surface area contributed by atoms with Gasteiger partial charge in [-0.1, -0.05) is 36.2 Å². The maximum absolute atomic E-state index is 10.6. The van der Waals surface area contributed by atoms with Gasteiger partial charge in [-0.05, 0) is 18.6 Å². The van der Waals surface area contributed by atoms with Crippen molar-refractivity contribution in [3.8, 4) is 5.75 Å². The van der Waals surface area contributed by atoms with E-state index in [1.165, 1.54) is 0 Å². The minimum absolute atomic E-state index is 0.299. The van der Waals surface area contributed by atoms with Gasteiger partial charge in [0.2, 0.25) is 0 Å². The number of rotatable bonds is 5. The summed E-state index contributed by atoms with van der Waals surface area (Å²) >= 11 is 11.7. The summed E-state index contributed by atoms with van der Waals surface area (Å²) in [5.41, 5.74) is 0. The molecule has 0 amide bonds. The summed E-state index contributed by atoms with van der Waals surface area (Å²) in [6, 6.07) is 5.08. The average Bonchev–Trinajstić information content (AvgIpc) is 2.24. The summed E-state index contributed by atoms with van der Waals surface area (Å²) in [6.07, 6.45) is 0.429. The lowest BCUT2D eigenvalue weighted by molar-refractivity contribution is -0.141. The van der Waals surface area contributed by atoms with Gasteiger partial charge < -0.3 is 9.84 Å². The molecule has 5 heteroatoms. The molecule has 1 aromatic carbocycles. The summed E-state index contributed by atoms with van der Waals surface area (Å²) < 4.78 is 5.36. The zero-order valence-electron chi connectivity index (χ0n) is 8.74. The Bertz CT molecular complexity index is 379. The highest BCUT2D eigenvalue weighted by molar-refractivity contribution is 6.42. The van der Waals surface area contributed by atoms with Crippen molar-refractivity contribution in [3.05, 3.63) is 28.2 Å². The van der Waals surface area contributed by atoms with Crippen molar-refractivity contribution in [1.29, 1.82) is 0 Å². The molecule has 1 unspecified atom stereocenters. The van der Waals surface area contributed by atoms with E-state index >= 15 is 0 Å². The molecule has 0 aliphatic rings. The Hall–Kier alpha value is -0.930. The quantitative estimate of drug-likeness (QED) is 0.884. The molecule has 0 aliphatic carbocycles. The van der Waals surface area contributed by atoms with Crippen LogP contribution in [0, 0.1) is 5.92 Å². The molecule has 0 bridgehead atoms. The van der Waals surface area contributed by atoms with Gasteiger partial charge in [-0.25, -0.2) is 0 Å². The van der Waals surface area contributed by atoms with Crippen LogP contribution in [0.4, 0.5) is 0 Å². The standard InChI is InChI=1S/C11H12Cl2O3/c1-7(11(14)15)5-6-16-9-4-2-3-8(12)10(9)13/h2-4,7H,5-6H2,1H3,(H,14,15). The fourth-order valence-corrected chi connectivity index (χ4v) is 1.41. The molecule has 1 N–H and O–H groups in total. The van der Waals surface area contributed by atoms with Crippen LogP contribution in [-0.2, 0) is 4.79 Å². The van der Waals surface area contributed by atoms with E-state index in [4.69, 9.17) is 33.0 Å². The van der Waals surface area contributed by atoms with Gasteiger partial charge >= 0.3 is 5.97 Å². The van der Waals surface area contributed by atoms with Crippen LogP contribution in [0.3, 0.4) is 0 Å². The number of carboxylic acid groups (broad SMARTS) is 1. The van der Waals surface area contributed by atoms with Crippen LogP contribution in [0.5, 0.6) is 5.75 Å². The second-order valence-corrected chi connectivity index (χ2v) is 4.21. The Balaban J connectivity index is 2.49. The molecule has 1 rings (SSSR count). The van der Waals surface area contributed by atoms with Gasteiger partial charge in [0.25, 0.3) is 0 Å². The van der Waals surface area contributed by atoms with Crippen molar-refractivity contribution >= 4 is 29.2 Å². The van der Waals surface area contributed by atoms with Crippen LogP contribution in [0.25, 0.3) is 0 Å². The van der Waals surface area contributed by atoms with Gasteiger partial charge in [0.15, 0.2) is 0 Å². The van der Waals surface area contributed by atoms with E-state index in [0.29, 0.717) is 28.8 Å². The molecule has 16 heavy (non-hydrogen) atoms. The number of hydrogen-bond donors (Lipinski definition) is 1. The van der Waals surface area contributed by atoms with E-state index in [0.717, 1.165) is 0 Å². The number of hydrogen-bond acceptors (Lipinski definition) is 2. The van der Waals surface area contributed by atoms with Crippen LogP contribution < -0.4 is 4.74 Å². The number of aliphatic carboxylic acids is 1. The Morgan fingerprint density at radius 2 is 2.19 bits per heavy atom. The van der Waals surface area contributed by atoms with Crippen molar-refractivity contribution < 1.29 is 14.6 Å². The van der Waals surface area contributed by atoms with Gasteiger partial charge in [-0.3, -0.25) is 4.79 Å². The summed E-state index contributed by atoms with van der Waals surface area (Å²) in [4.78, 5) is 10.6. The predicted octanol–water partition coefficient (Wildman–Crippen LogP) is 3.48. The summed E-state index contributed by atoms with van der Waals surface area (Å²) in [5.74, 6) is -0.787. The number of carbonyl (C=O) groups is 1. The fourth-order valence-electron chi connectivity index (χ4n) is 1.06. The molecule has 0 radical (unpaired) electrons. The highest BCUT2D eigenvalue weighted by Gasteiger charge is 2.11. The Labute approximate surface area is 104 Å². The fraction of sp³-hybridized carbons (Fsp3) is 0.364. The van der Waals surface area contributed by atoms with Crippen molar-refractivity contribution in [1.82, 2.24) is 0 Å². The van der Waals surface area contributed by atoms with Crippen LogP contribution in [0.1, 0.15) is 13.3 Å². The highest BCUT2D eigenvalue weighted by atomic mass is 35.5. The first-order valence-corrected chi connectivity index (χ1v) is 5.57. The third-order valence-electron chi connectivity index (χ3n) is 2.15. The normalized spacial score (nSPS) is 12.2. The van der Waals surface area contributed by atoms with E-state index in [9.17, 15) is 4.79 Å². The largest absolute Gasteiger partial charge is 0.492 e. The average molecular weight is 263 g/mol. The zero-order valence-corrected chi connectivity index (χ0v) is 10.3. The smallest absolute Gasteiger partial charge is 0.306 e. The second-order valence-electron chi connectivity index (χ2n) is 3.43. The first kappa shape index (κ1) is 13.1. The Morgan fingerprint density at radius 3 is 2.81 bits per heavy atom. The van der Waals surface area contributed by atoms with Crippen LogP contribution in [0.15, 0.2) is 18.2 Å². The van der Waals surface area contributed by atoms with E-state index in [2.05, 4.69) is 0 Å². The third kappa shape index (κ3) is 3.58. The van der Waals surface area contributed by atoms with E-state index in [1.807, 2.05) is 0 Å². The van der Waals surface area contributed by atoms with Crippen molar-refractivity contribution in [2.24, 2.45) is 5.92 Å². The van der Waals surface area contributed by atoms with Gasteiger partial charge in [0.05, 0.1) is 17.5 Å². The molecule has 88 valence electrons. The summed E-state index contributed by atoms with van der Waals surface area (Å²) in [7, 11) is 0. The van der Waals surface area contributed by atoms with Crippen molar-refractivity contribution in [3.63, 3.8) is 0 Å². The lowest BCUT2D eigenvalue weighted by atomic mass is 10.1. The first-order valence-electron chi connectivity index (χ1n) is 4.82. The Kier molecular flexibility index (Phi) is 4.90. The monoisotopic (exact) mass is 262 g/mol. The number of benzene rings is 1. The minimum atomic E-state index is -0.833. The number of halogens is 2. The summed E-state index contributed by atoms with van der Waals surface area (Å²) in [5, 5.41) is 9.45. The lowest BCUT2D eigenvalue weighted by Gasteiger charge is -2.10. The molecule has 1 aromatic rings. The first-order chi connectivity index (χ1) is 7.52. The van der Waals surface area contributed by atoms with E-state index in [1.54, 1.807) is 25.1 Å². The zero-order chi connectivity index (χ0) is 12.1. The van der Waals surface area contributed by atoms with Crippen LogP contribution >= 0.6 is 23.2 Å². The van der Waals surface area contributed by atoms with E-state index < -0.39 is 11.9 Å². The maximum Gasteiger partial charge on any atom is 0.306 e. The SMILES string of the molecule is CC(CCOc1cccc(Cl)c1Cl)C(=O)O. The van der Waals surface area contributed by atoms with Crippen LogP contribution in [-0.4, -0.2) is 17.7 Å². The lowest BCUT2D eigenvalue weighted by Crippen LogP contribution is -2.13. The van der Waals surface area contributed by atoms with Crippen molar-refractivity contribution in [2.75, 3.05) is 6.61 Å². The van der Waals surface area contributed by atoms with Crippen molar-refractivity contribution in [2.45, 2.75) is 13.3 Å². The second kappa shape index (κ2) is 5.97. The molecule has 0 saturated carbocycles. The molecule has 0 spiro atoms. The third-order valence-corrected chi connectivity index (χ3v) is 2.95. The predicted molar refractivity (Wildman–Crippen MR) is 63.4 cm³/mol. The topological polar surface area (TPSA) is 46.5 Å². The molecule has 0 fully saturated rings. The molecule has 3 nitrogen and oxygen atoms in total. The van der Waals surface area contributed by atoms with Gasteiger partial charge in [-0.15, -0.1) is 0 Å². The van der Waals surface area contributed by atoms with Gasteiger partial charge in [0, 0.05) is 0 Å². The van der Waals surface area contributed by atoms with Gasteiger partial charge in [0.1, 0.15) is 10.8 Å². The minimum Gasteiger partial charge on any atom is -0.492 e. The molecule has 1 atom stereocenters.